The summed E-state index contributed by atoms with van der Waals surface area (Å²) in [5.74, 6) is 0.329. The third-order valence-electron chi connectivity index (χ3n) is 2.62. The van der Waals surface area contributed by atoms with Gasteiger partial charge in [0.05, 0.1) is 0 Å². The van der Waals surface area contributed by atoms with E-state index in [4.69, 9.17) is 11.1 Å². The van der Waals surface area contributed by atoms with Gasteiger partial charge in [-0.25, -0.2) is 0 Å². The molecule has 0 saturated heterocycles. The molecule has 0 aromatic carbocycles. The fourth-order valence-corrected chi connectivity index (χ4v) is 1.82. The number of nitrogens with one attached hydrogen (secondary N) is 1. The molecular formula is C10H18N2. The third kappa shape index (κ3) is 2.36. The fourth-order valence-electron chi connectivity index (χ4n) is 1.82. The molecule has 0 bridgehead atoms. The molecule has 68 valence electrons. The molecule has 0 aromatic heterocycles. The van der Waals surface area contributed by atoms with E-state index in [1.165, 1.54) is 31.3 Å². The lowest BCUT2D eigenvalue weighted by molar-refractivity contribution is 0.531. The zero-order valence-electron chi connectivity index (χ0n) is 7.55. The van der Waals surface area contributed by atoms with Crippen molar-refractivity contribution in [3.63, 3.8) is 0 Å². The summed E-state index contributed by atoms with van der Waals surface area (Å²) in [4.78, 5) is 0. The Bertz CT molecular complexity index is 173. The highest BCUT2D eigenvalue weighted by molar-refractivity contribution is 5.61. The number of allylic oxidation sites excluding steroid dienone is 1. The Kier molecular flexibility index (Phi) is 3.85. The maximum absolute atomic E-state index is 7.28. The molecule has 1 aliphatic carbocycles. The van der Waals surface area contributed by atoms with Crippen LogP contribution in [-0.4, -0.2) is 6.21 Å². The molecule has 1 unspecified atom stereocenters. The summed E-state index contributed by atoms with van der Waals surface area (Å²) >= 11 is 0. The molecule has 1 fully saturated rings. The van der Waals surface area contributed by atoms with Gasteiger partial charge in [-0.05, 0) is 31.0 Å². The number of hydrogen-bond acceptors (Lipinski definition) is 2. The second kappa shape index (κ2) is 4.96. The molecule has 0 radical (unpaired) electrons. The van der Waals surface area contributed by atoms with Gasteiger partial charge >= 0.3 is 0 Å². The molecule has 3 N–H and O–H groups in total. The molecule has 0 heterocycles. The van der Waals surface area contributed by atoms with Crippen molar-refractivity contribution < 1.29 is 0 Å². The van der Waals surface area contributed by atoms with Crippen LogP contribution in [0.15, 0.2) is 11.8 Å². The van der Waals surface area contributed by atoms with Crippen LogP contribution in [0.2, 0.25) is 0 Å². The number of hydrogen-bond donors (Lipinski definition) is 2. The van der Waals surface area contributed by atoms with E-state index in [1.807, 2.05) is 0 Å². The van der Waals surface area contributed by atoms with Crippen molar-refractivity contribution in [3.05, 3.63) is 11.8 Å². The van der Waals surface area contributed by atoms with Gasteiger partial charge in [0.25, 0.3) is 0 Å². The Hall–Kier alpha value is -0.790. The topological polar surface area (TPSA) is 49.9 Å². The molecule has 1 saturated carbocycles. The first kappa shape index (κ1) is 9.30. The van der Waals surface area contributed by atoms with Gasteiger partial charge in [-0.2, -0.15) is 0 Å². The normalized spacial score (nSPS) is 29.3. The SMILES string of the molecule is N=CC1CCCCCC/C1=C/N. The van der Waals surface area contributed by atoms with Gasteiger partial charge in [-0.15, -0.1) is 0 Å². The van der Waals surface area contributed by atoms with Crippen LogP contribution in [0.5, 0.6) is 0 Å². The maximum atomic E-state index is 7.28. The Morgan fingerprint density at radius 1 is 1.25 bits per heavy atom. The van der Waals surface area contributed by atoms with Crippen molar-refractivity contribution in [1.82, 2.24) is 0 Å². The molecule has 0 aliphatic heterocycles. The van der Waals surface area contributed by atoms with Gasteiger partial charge < -0.3 is 11.1 Å². The van der Waals surface area contributed by atoms with E-state index in [-0.39, 0.29) is 0 Å². The molecule has 12 heavy (non-hydrogen) atoms. The summed E-state index contributed by atoms with van der Waals surface area (Å²) in [6.45, 7) is 0. The van der Waals surface area contributed by atoms with Crippen molar-refractivity contribution >= 4 is 6.21 Å². The smallest absolute Gasteiger partial charge is 0.0162 e. The molecule has 2 heteroatoms. The average molecular weight is 166 g/mol. The fraction of sp³-hybridized carbons (Fsp3) is 0.700. The van der Waals surface area contributed by atoms with Gasteiger partial charge in [-0.3, -0.25) is 0 Å². The van der Waals surface area contributed by atoms with Crippen molar-refractivity contribution in [3.8, 4) is 0 Å². The molecule has 1 atom stereocenters. The van der Waals surface area contributed by atoms with Gasteiger partial charge in [0.15, 0.2) is 0 Å². The van der Waals surface area contributed by atoms with Crippen LogP contribution >= 0.6 is 0 Å². The molecule has 2 nitrogen and oxygen atoms in total. The highest BCUT2D eigenvalue weighted by Crippen LogP contribution is 2.25. The Morgan fingerprint density at radius 3 is 2.67 bits per heavy atom. The van der Waals surface area contributed by atoms with Crippen molar-refractivity contribution in [2.75, 3.05) is 0 Å². The first-order chi connectivity index (χ1) is 5.88. The van der Waals surface area contributed by atoms with Crippen LogP contribution in [0, 0.1) is 11.3 Å². The summed E-state index contributed by atoms with van der Waals surface area (Å²) < 4.78 is 0. The molecule has 0 spiro atoms. The molecule has 0 amide bonds. The van der Waals surface area contributed by atoms with E-state index in [9.17, 15) is 0 Å². The van der Waals surface area contributed by atoms with Gasteiger partial charge in [0, 0.05) is 12.1 Å². The predicted octanol–water partition coefficient (Wildman–Crippen LogP) is 2.45. The second-order valence-corrected chi connectivity index (χ2v) is 3.47. The first-order valence-corrected chi connectivity index (χ1v) is 4.79. The lowest BCUT2D eigenvalue weighted by atomic mass is 9.88. The minimum atomic E-state index is 0.329. The lowest BCUT2D eigenvalue weighted by Gasteiger charge is -2.18. The van der Waals surface area contributed by atoms with E-state index in [0.29, 0.717) is 5.92 Å². The second-order valence-electron chi connectivity index (χ2n) is 3.47. The van der Waals surface area contributed by atoms with Crippen LogP contribution < -0.4 is 5.73 Å². The summed E-state index contributed by atoms with van der Waals surface area (Å²) in [5.41, 5.74) is 6.79. The van der Waals surface area contributed by atoms with Crippen molar-refractivity contribution in [2.45, 2.75) is 38.5 Å². The van der Waals surface area contributed by atoms with Crippen LogP contribution in [0.3, 0.4) is 0 Å². The first-order valence-electron chi connectivity index (χ1n) is 4.79. The standard InChI is InChI=1S/C10H18N2/c11-7-9-5-3-1-2-4-6-10(9)8-12/h7-9,11H,1-6,12H2/b10-8-,11-7?. The predicted molar refractivity (Wildman–Crippen MR) is 52.2 cm³/mol. The summed E-state index contributed by atoms with van der Waals surface area (Å²) in [5, 5.41) is 7.28. The molecule has 1 rings (SSSR count). The summed E-state index contributed by atoms with van der Waals surface area (Å²) in [7, 11) is 0. The summed E-state index contributed by atoms with van der Waals surface area (Å²) in [6, 6.07) is 0. The third-order valence-corrected chi connectivity index (χ3v) is 2.62. The summed E-state index contributed by atoms with van der Waals surface area (Å²) in [6.07, 6.45) is 10.6. The zero-order chi connectivity index (χ0) is 8.81. The van der Waals surface area contributed by atoms with Gasteiger partial charge in [0.2, 0.25) is 0 Å². The zero-order valence-corrected chi connectivity index (χ0v) is 7.55. The molecular weight excluding hydrogens is 148 g/mol. The van der Waals surface area contributed by atoms with Gasteiger partial charge in [-0.1, -0.05) is 19.3 Å². The van der Waals surface area contributed by atoms with Crippen LogP contribution in [0.25, 0.3) is 0 Å². The van der Waals surface area contributed by atoms with Crippen molar-refractivity contribution in [2.24, 2.45) is 11.7 Å². The Balaban J connectivity index is 2.57. The van der Waals surface area contributed by atoms with E-state index < -0.39 is 0 Å². The van der Waals surface area contributed by atoms with Crippen molar-refractivity contribution in [1.29, 1.82) is 5.41 Å². The van der Waals surface area contributed by atoms with Crippen LogP contribution in [0.4, 0.5) is 0 Å². The minimum Gasteiger partial charge on any atom is -0.405 e. The monoisotopic (exact) mass is 166 g/mol. The maximum Gasteiger partial charge on any atom is 0.0162 e. The van der Waals surface area contributed by atoms with Crippen LogP contribution in [0.1, 0.15) is 38.5 Å². The Morgan fingerprint density at radius 2 is 2.00 bits per heavy atom. The minimum absolute atomic E-state index is 0.329. The van der Waals surface area contributed by atoms with E-state index in [0.717, 1.165) is 12.8 Å². The quantitative estimate of drug-likeness (QED) is 0.577. The number of nitrogens with two attached hydrogens (primary N) is 1. The molecule has 0 aromatic rings. The highest BCUT2D eigenvalue weighted by atomic mass is 14.5. The molecule has 1 aliphatic rings. The van der Waals surface area contributed by atoms with Crippen LogP contribution in [-0.2, 0) is 0 Å². The lowest BCUT2D eigenvalue weighted by Crippen LogP contribution is -2.09. The highest BCUT2D eigenvalue weighted by Gasteiger charge is 2.13. The Labute approximate surface area is 74.4 Å². The largest absolute Gasteiger partial charge is 0.405 e. The van der Waals surface area contributed by atoms with E-state index in [1.54, 1.807) is 12.4 Å². The van der Waals surface area contributed by atoms with E-state index in [2.05, 4.69) is 0 Å². The van der Waals surface area contributed by atoms with Gasteiger partial charge in [0.1, 0.15) is 0 Å². The van der Waals surface area contributed by atoms with E-state index >= 15 is 0 Å². The average Bonchev–Trinajstić information content (AvgIpc) is 2.05. The number of rotatable bonds is 1.